The lowest BCUT2D eigenvalue weighted by Crippen LogP contribution is -2.37. The average Bonchev–Trinajstić information content (AvgIpc) is 2.75. The molecule has 7 nitrogen and oxygen atoms in total. The Morgan fingerprint density at radius 2 is 1.53 bits per heavy atom. The van der Waals surface area contributed by atoms with Crippen LogP contribution in [0.15, 0.2) is 84.6 Å². The maximum Gasteiger partial charge on any atom is 0.281 e. The van der Waals surface area contributed by atoms with E-state index in [2.05, 4.69) is 27.9 Å². The SMILES string of the molecule is CS(=O)(=O)NC(=O)C(=Cc1ccc(Oc2ccccc2I)cc1)NC(=O)c1ccccc1. The Morgan fingerprint density at radius 1 is 0.906 bits per heavy atom. The van der Waals surface area contributed by atoms with Crippen molar-refractivity contribution < 1.29 is 22.7 Å². The maximum absolute atomic E-state index is 12.5. The van der Waals surface area contributed by atoms with E-state index < -0.39 is 21.8 Å². The second-order valence-corrected chi connectivity index (χ2v) is 9.59. The third-order valence-electron chi connectivity index (χ3n) is 4.06. The van der Waals surface area contributed by atoms with Crippen molar-refractivity contribution in [3.8, 4) is 11.5 Å². The second-order valence-electron chi connectivity index (χ2n) is 6.68. The van der Waals surface area contributed by atoms with E-state index in [-0.39, 0.29) is 5.70 Å². The fourth-order valence-corrected chi connectivity index (χ4v) is 3.56. The van der Waals surface area contributed by atoms with E-state index in [1.54, 1.807) is 54.6 Å². The highest BCUT2D eigenvalue weighted by Gasteiger charge is 2.17. The molecular formula is C23H19IN2O5S. The molecule has 0 unspecified atom stereocenters. The Morgan fingerprint density at radius 3 is 2.16 bits per heavy atom. The normalized spacial score (nSPS) is 11.5. The quantitative estimate of drug-likeness (QED) is 0.336. The van der Waals surface area contributed by atoms with Crippen LogP contribution in [0.2, 0.25) is 0 Å². The van der Waals surface area contributed by atoms with Crippen molar-refractivity contribution in [3.63, 3.8) is 0 Å². The van der Waals surface area contributed by atoms with E-state index in [4.69, 9.17) is 4.74 Å². The molecule has 0 saturated heterocycles. The van der Waals surface area contributed by atoms with Crippen LogP contribution in [0.25, 0.3) is 6.08 Å². The molecule has 3 aromatic carbocycles. The van der Waals surface area contributed by atoms with Gasteiger partial charge in [-0.05, 0) is 70.6 Å². The first-order chi connectivity index (χ1) is 15.2. The number of rotatable bonds is 7. The highest BCUT2D eigenvalue weighted by Crippen LogP contribution is 2.26. The Hall–Kier alpha value is -3.18. The smallest absolute Gasteiger partial charge is 0.281 e. The Bertz CT molecular complexity index is 1260. The third-order valence-corrected chi connectivity index (χ3v) is 5.51. The Kier molecular flexibility index (Phi) is 7.65. The molecule has 0 atom stereocenters. The molecule has 2 amide bonds. The monoisotopic (exact) mass is 562 g/mol. The minimum absolute atomic E-state index is 0.212. The van der Waals surface area contributed by atoms with Crippen LogP contribution >= 0.6 is 22.6 Å². The zero-order valence-corrected chi connectivity index (χ0v) is 19.9. The van der Waals surface area contributed by atoms with E-state index >= 15 is 0 Å². The largest absolute Gasteiger partial charge is 0.456 e. The van der Waals surface area contributed by atoms with Gasteiger partial charge in [-0.2, -0.15) is 0 Å². The molecule has 0 fully saturated rings. The van der Waals surface area contributed by atoms with Gasteiger partial charge in [-0.1, -0.05) is 42.5 Å². The molecule has 9 heteroatoms. The molecule has 0 aliphatic carbocycles. The summed E-state index contributed by atoms with van der Waals surface area (Å²) >= 11 is 2.18. The lowest BCUT2D eigenvalue weighted by atomic mass is 10.1. The first-order valence-electron chi connectivity index (χ1n) is 9.34. The Balaban J connectivity index is 1.84. The predicted octanol–water partition coefficient (Wildman–Crippen LogP) is 3.93. The van der Waals surface area contributed by atoms with Crippen molar-refractivity contribution in [2.24, 2.45) is 0 Å². The number of hydrogen-bond acceptors (Lipinski definition) is 5. The van der Waals surface area contributed by atoms with Crippen LogP contribution in [0.5, 0.6) is 11.5 Å². The molecular weight excluding hydrogens is 543 g/mol. The first-order valence-corrected chi connectivity index (χ1v) is 12.3. The standard InChI is InChI=1S/C23H19IN2O5S/c1-32(29,30)26-23(28)20(25-22(27)17-7-3-2-4-8-17)15-16-11-13-18(14-12-16)31-21-10-6-5-9-19(21)24/h2-15H,1H3,(H,25,27)(H,26,28). The summed E-state index contributed by atoms with van der Waals surface area (Å²) in [5, 5.41) is 2.48. The van der Waals surface area contributed by atoms with E-state index in [0.717, 1.165) is 9.83 Å². The molecule has 0 aromatic heterocycles. The van der Waals surface area contributed by atoms with Crippen LogP contribution in [0.1, 0.15) is 15.9 Å². The van der Waals surface area contributed by atoms with Crippen molar-refractivity contribution in [1.82, 2.24) is 10.0 Å². The topological polar surface area (TPSA) is 102 Å². The van der Waals surface area contributed by atoms with Gasteiger partial charge >= 0.3 is 0 Å². The summed E-state index contributed by atoms with van der Waals surface area (Å²) in [5.74, 6) is -0.198. The van der Waals surface area contributed by atoms with Crippen molar-refractivity contribution in [2.45, 2.75) is 0 Å². The summed E-state index contributed by atoms with van der Waals surface area (Å²) < 4.78 is 31.7. The molecule has 0 radical (unpaired) electrons. The van der Waals surface area contributed by atoms with Gasteiger partial charge < -0.3 is 10.1 Å². The van der Waals surface area contributed by atoms with Gasteiger partial charge in [-0.15, -0.1) is 0 Å². The molecule has 164 valence electrons. The van der Waals surface area contributed by atoms with Gasteiger partial charge in [0.2, 0.25) is 10.0 Å². The fourth-order valence-electron chi connectivity index (χ4n) is 2.62. The minimum atomic E-state index is -3.82. The van der Waals surface area contributed by atoms with E-state index in [9.17, 15) is 18.0 Å². The van der Waals surface area contributed by atoms with E-state index in [1.807, 2.05) is 29.0 Å². The van der Waals surface area contributed by atoms with Crippen LogP contribution < -0.4 is 14.8 Å². The number of carbonyl (C=O) groups is 2. The molecule has 2 N–H and O–H groups in total. The number of halogens is 1. The molecule has 32 heavy (non-hydrogen) atoms. The lowest BCUT2D eigenvalue weighted by Gasteiger charge is -2.11. The Labute approximate surface area is 199 Å². The highest BCUT2D eigenvalue weighted by molar-refractivity contribution is 14.1. The van der Waals surface area contributed by atoms with Gasteiger partial charge in [0.15, 0.2) is 0 Å². The molecule has 3 aromatic rings. The number of carbonyl (C=O) groups excluding carboxylic acids is 2. The molecule has 0 aliphatic rings. The van der Waals surface area contributed by atoms with Crippen LogP contribution in [-0.2, 0) is 14.8 Å². The van der Waals surface area contributed by atoms with Gasteiger partial charge in [0.25, 0.3) is 11.8 Å². The van der Waals surface area contributed by atoms with Crippen molar-refractivity contribution >= 4 is 50.5 Å². The third kappa shape index (κ3) is 6.92. The van der Waals surface area contributed by atoms with E-state index in [1.165, 1.54) is 6.08 Å². The number of para-hydroxylation sites is 1. The maximum atomic E-state index is 12.5. The summed E-state index contributed by atoms with van der Waals surface area (Å²) in [6.45, 7) is 0. The molecule has 0 aliphatic heterocycles. The molecule has 0 bridgehead atoms. The highest BCUT2D eigenvalue weighted by atomic mass is 127. The number of hydrogen-bond donors (Lipinski definition) is 2. The zero-order valence-electron chi connectivity index (χ0n) is 16.9. The van der Waals surface area contributed by atoms with Crippen molar-refractivity contribution in [1.29, 1.82) is 0 Å². The molecule has 0 saturated carbocycles. The number of sulfonamides is 1. The number of amides is 2. The van der Waals surface area contributed by atoms with Gasteiger partial charge in [0.05, 0.1) is 9.83 Å². The van der Waals surface area contributed by atoms with Crippen LogP contribution in [0.3, 0.4) is 0 Å². The summed E-state index contributed by atoms with van der Waals surface area (Å²) in [6.07, 6.45) is 2.25. The second kappa shape index (κ2) is 10.4. The summed E-state index contributed by atoms with van der Waals surface area (Å²) in [5.41, 5.74) is 0.675. The van der Waals surface area contributed by atoms with Crippen molar-refractivity contribution in [3.05, 3.63) is 99.3 Å². The fraction of sp³-hybridized carbons (Fsp3) is 0.0435. The zero-order chi connectivity index (χ0) is 23.1. The van der Waals surface area contributed by atoms with E-state index in [0.29, 0.717) is 22.6 Å². The van der Waals surface area contributed by atoms with Gasteiger partial charge in [0, 0.05) is 5.56 Å². The van der Waals surface area contributed by atoms with Crippen LogP contribution in [0, 0.1) is 3.57 Å². The van der Waals surface area contributed by atoms with Crippen LogP contribution in [0.4, 0.5) is 0 Å². The van der Waals surface area contributed by atoms with Crippen LogP contribution in [-0.4, -0.2) is 26.5 Å². The average molecular weight is 562 g/mol. The number of benzene rings is 3. The first kappa shape index (κ1) is 23.5. The summed E-state index contributed by atoms with van der Waals surface area (Å²) in [7, 11) is -3.82. The van der Waals surface area contributed by atoms with Crippen molar-refractivity contribution in [2.75, 3.05) is 6.26 Å². The molecule has 3 rings (SSSR count). The lowest BCUT2D eigenvalue weighted by molar-refractivity contribution is -0.116. The van der Waals surface area contributed by atoms with Gasteiger partial charge in [0.1, 0.15) is 17.2 Å². The minimum Gasteiger partial charge on any atom is -0.456 e. The van der Waals surface area contributed by atoms with Gasteiger partial charge in [-0.25, -0.2) is 13.1 Å². The predicted molar refractivity (Wildman–Crippen MR) is 131 cm³/mol. The van der Waals surface area contributed by atoms with Gasteiger partial charge in [-0.3, -0.25) is 9.59 Å². The molecule has 0 spiro atoms. The number of ether oxygens (including phenoxy) is 1. The molecule has 0 heterocycles. The summed E-state index contributed by atoms with van der Waals surface area (Å²) in [4.78, 5) is 25.0. The summed E-state index contributed by atoms with van der Waals surface area (Å²) in [6, 6.07) is 22.6. The number of nitrogens with one attached hydrogen (secondary N) is 2.